The second-order valence-electron chi connectivity index (χ2n) is 5.78. The average molecular weight is 233 g/mol. The fraction of sp³-hybridized carbons (Fsp3) is 1.00. The maximum atomic E-state index is 10.2. The molecule has 1 nitrogen and oxygen atoms in total. The summed E-state index contributed by atoms with van der Waals surface area (Å²) in [7, 11) is 0. The van der Waals surface area contributed by atoms with Crippen LogP contribution in [0.5, 0.6) is 0 Å². The zero-order valence-electron chi connectivity index (χ0n) is 10.4. The summed E-state index contributed by atoms with van der Waals surface area (Å²) in [4.78, 5) is 0. The zero-order chi connectivity index (χ0) is 11.5. The van der Waals surface area contributed by atoms with Gasteiger partial charge < -0.3 is 5.11 Å². The Morgan fingerprint density at radius 3 is 2.27 bits per heavy atom. The molecule has 0 aromatic rings. The Kier molecular flexibility index (Phi) is 4.49. The Morgan fingerprint density at radius 1 is 1.33 bits per heavy atom. The Hall–Kier alpha value is 0.250. The highest BCUT2D eigenvalue weighted by Crippen LogP contribution is 2.44. The second-order valence-corrected chi connectivity index (χ2v) is 6.16. The van der Waals surface area contributed by atoms with E-state index in [4.69, 9.17) is 11.6 Å². The van der Waals surface area contributed by atoms with E-state index in [1.165, 1.54) is 6.42 Å². The van der Waals surface area contributed by atoms with Crippen LogP contribution in [-0.4, -0.2) is 16.6 Å². The minimum atomic E-state index is -0.456. The van der Waals surface area contributed by atoms with Crippen LogP contribution in [0.25, 0.3) is 0 Å². The molecule has 0 amide bonds. The summed E-state index contributed by atoms with van der Waals surface area (Å²) in [5.74, 6) is 1.36. The Bertz CT molecular complexity index is 193. The molecule has 1 N–H and O–H groups in total. The van der Waals surface area contributed by atoms with Crippen LogP contribution in [0.3, 0.4) is 0 Å². The van der Waals surface area contributed by atoms with Crippen molar-refractivity contribution in [3.8, 4) is 0 Å². The fourth-order valence-electron chi connectivity index (χ4n) is 2.65. The van der Waals surface area contributed by atoms with E-state index in [-0.39, 0.29) is 0 Å². The first-order chi connectivity index (χ1) is 6.93. The van der Waals surface area contributed by atoms with E-state index in [9.17, 15) is 5.11 Å². The first-order valence-electron chi connectivity index (χ1n) is 6.22. The normalized spacial score (nSPS) is 33.0. The lowest BCUT2D eigenvalue weighted by Crippen LogP contribution is -2.38. The van der Waals surface area contributed by atoms with Crippen molar-refractivity contribution in [2.75, 3.05) is 5.88 Å². The van der Waals surface area contributed by atoms with Gasteiger partial charge in [-0.3, -0.25) is 0 Å². The number of alkyl halides is 1. The molecule has 0 spiro atoms. The summed E-state index contributed by atoms with van der Waals surface area (Å²) in [5, 5.41) is 10.2. The molecule has 1 aliphatic carbocycles. The maximum absolute atomic E-state index is 10.2. The molecule has 0 saturated heterocycles. The molecule has 0 heterocycles. The molecule has 15 heavy (non-hydrogen) atoms. The Balaban J connectivity index is 2.48. The molecule has 0 atom stereocenters. The van der Waals surface area contributed by atoms with Crippen LogP contribution in [-0.2, 0) is 0 Å². The predicted molar refractivity (Wildman–Crippen MR) is 66.3 cm³/mol. The SMILES string of the molecule is CCC(C)(C)C1CCC(O)(CCCl)CC1. The van der Waals surface area contributed by atoms with Crippen molar-refractivity contribution in [1.82, 2.24) is 0 Å². The molecular weight excluding hydrogens is 208 g/mol. The van der Waals surface area contributed by atoms with E-state index >= 15 is 0 Å². The largest absolute Gasteiger partial charge is 0.390 e. The van der Waals surface area contributed by atoms with E-state index in [0.29, 0.717) is 11.3 Å². The molecule has 1 saturated carbocycles. The number of aliphatic hydroxyl groups is 1. The molecule has 1 fully saturated rings. The van der Waals surface area contributed by atoms with Gasteiger partial charge in [-0.25, -0.2) is 0 Å². The molecule has 0 unspecified atom stereocenters. The van der Waals surface area contributed by atoms with E-state index in [0.717, 1.165) is 38.0 Å². The van der Waals surface area contributed by atoms with Crippen molar-refractivity contribution >= 4 is 11.6 Å². The van der Waals surface area contributed by atoms with Gasteiger partial charge in [0.25, 0.3) is 0 Å². The molecule has 0 aromatic heterocycles. The standard InChI is InChI=1S/C13H25ClO/c1-4-12(2,3)11-5-7-13(15,8-6-11)9-10-14/h11,15H,4-10H2,1-3H3. The molecule has 0 aromatic carbocycles. The van der Waals surface area contributed by atoms with Crippen LogP contribution in [0.15, 0.2) is 0 Å². The number of hydrogen-bond donors (Lipinski definition) is 1. The molecule has 90 valence electrons. The third-order valence-corrected chi connectivity index (χ3v) is 4.68. The molecule has 0 bridgehead atoms. The van der Waals surface area contributed by atoms with Crippen molar-refractivity contribution in [2.45, 2.75) is 64.9 Å². The zero-order valence-corrected chi connectivity index (χ0v) is 11.1. The van der Waals surface area contributed by atoms with Crippen LogP contribution in [0.2, 0.25) is 0 Å². The van der Waals surface area contributed by atoms with Gasteiger partial charge in [-0.2, -0.15) is 0 Å². The summed E-state index contributed by atoms with van der Waals surface area (Å²) >= 11 is 5.72. The van der Waals surface area contributed by atoms with Gasteiger partial charge in [0.2, 0.25) is 0 Å². The highest BCUT2D eigenvalue weighted by atomic mass is 35.5. The van der Waals surface area contributed by atoms with Crippen LogP contribution in [0.4, 0.5) is 0 Å². The lowest BCUT2D eigenvalue weighted by molar-refractivity contribution is -0.0300. The van der Waals surface area contributed by atoms with Crippen LogP contribution >= 0.6 is 11.6 Å². The quantitative estimate of drug-likeness (QED) is 0.728. The monoisotopic (exact) mass is 232 g/mol. The third kappa shape index (κ3) is 3.35. The topological polar surface area (TPSA) is 20.2 Å². The summed E-state index contributed by atoms with van der Waals surface area (Å²) in [6, 6.07) is 0. The van der Waals surface area contributed by atoms with Gasteiger partial charge in [-0.15, -0.1) is 11.6 Å². The fourth-order valence-corrected chi connectivity index (χ4v) is 3.00. The van der Waals surface area contributed by atoms with Crippen molar-refractivity contribution in [2.24, 2.45) is 11.3 Å². The first-order valence-corrected chi connectivity index (χ1v) is 6.75. The van der Waals surface area contributed by atoms with Crippen molar-refractivity contribution in [3.05, 3.63) is 0 Å². The summed E-state index contributed by atoms with van der Waals surface area (Å²) in [6.07, 6.45) is 6.18. The second kappa shape index (κ2) is 5.05. The minimum absolute atomic E-state index is 0.433. The van der Waals surface area contributed by atoms with E-state index < -0.39 is 5.60 Å². The van der Waals surface area contributed by atoms with Crippen molar-refractivity contribution < 1.29 is 5.11 Å². The van der Waals surface area contributed by atoms with E-state index in [1.807, 2.05) is 0 Å². The maximum Gasteiger partial charge on any atom is 0.0659 e. The summed E-state index contributed by atoms with van der Waals surface area (Å²) in [6.45, 7) is 6.97. The highest BCUT2D eigenvalue weighted by Gasteiger charge is 2.37. The molecular formula is C13H25ClO. The highest BCUT2D eigenvalue weighted by molar-refractivity contribution is 6.17. The number of rotatable bonds is 4. The first kappa shape index (κ1) is 13.3. The van der Waals surface area contributed by atoms with Crippen LogP contribution in [0, 0.1) is 11.3 Å². The predicted octanol–water partition coefficient (Wildman–Crippen LogP) is 3.97. The van der Waals surface area contributed by atoms with Gasteiger partial charge in [-0.05, 0) is 43.4 Å². The van der Waals surface area contributed by atoms with Crippen molar-refractivity contribution in [3.63, 3.8) is 0 Å². The number of halogens is 1. The molecule has 1 rings (SSSR count). The molecule has 2 heteroatoms. The minimum Gasteiger partial charge on any atom is -0.390 e. The van der Waals surface area contributed by atoms with Gasteiger partial charge in [0.05, 0.1) is 5.60 Å². The third-order valence-electron chi connectivity index (χ3n) is 4.49. The Morgan fingerprint density at radius 2 is 1.87 bits per heavy atom. The van der Waals surface area contributed by atoms with Gasteiger partial charge >= 0.3 is 0 Å². The number of hydrogen-bond acceptors (Lipinski definition) is 1. The lowest BCUT2D eigenvalue weighted by Gasteiger charge is -2.42. The van der Waals surface area contributed by atoms with Gasteiger partial charge in [0.15, 0.2) is 0 Å². The van der Waals surface area contributed by atoms with Crippen LogP contribution < -0.4 is 0 Å². The van der Waals surface area contributed by atoms with E-state index in [2.05, 4.69) is 20.8 Å². The molecule has 1 aliphatic rings. The lowest BCUT2D eigenvalue weighted by atomic mass is 9.66. The molecule has 0 aliphatic heterocycles. The van der Waals surface area contributed by atoms with Crippen LogP contribution in [0.1, 0.15) is 59.3 Å². The smallest absolute Gasteiger partial charge is 0.0659 e. The Labute approximate surface area is 99.2 Å². The van der Waals surface area contributed by atoms with Gasteiger partial charge in [0.1, 0.15) is 0 Å². The summed E-state index contributed by atoms with van der Waals surface area (Å²) < 4.78 is 0. The van der Waals surface area contributed by atoms with Crippen molar-refractivity contribution in [1.29, 1.82) is 0 Å². The van der Waals surface area contributed by atoms with Gasteiger partial charge in [-0.1, -0.05) is 27.2 Å². The van der Waals surface area contributed by atoms with Gasteiger partial charge in [0, 0.05) is 5.88 Å². The molecule has 0 radical (unpaired) electrons. The summed E-state index contributed by atoms with van der Waals surface area (Å²) in [5.41, 5.74) is -0.0234. The average Bonchev–Trinajstić information content (AvgIpc) is 2.18. The van der Waals surface area contributed by atoms with E-state index in [1.54, 1.807) is 0 Å².